The zero-order valence-corrected chi connectivity index (χ0v) is 13.4. The smallest absolute Gasteiger partial charge is 0.306 e. The summed E-state index contributed by atoms with van der Waals surface area (Å²) in [5.41, 5.74) is 0. The number of carbonyl (C=O) groups is 1. The predicted octanol–water partition coefficient (Wildman–Crippen LogP) is 5.58. The second kappa shape index (κ2) is 16.0. The lowest BCUT2D eigenvalue weighted by Crippen LogP contribution is -2.03. The molecular formula is C18H32O2. The van der Waals surface area contributed by atoms with E-state index in [1.165, 1.54) is 38.5 Å². The molecule has 0 aliphatic rings. The van der Waals surface area contributed by atoms with Crippen LogP contribution in [0.4, 0.5) is 0 Å². The Bertz CT molecular complexity index is 267. The predicted molar refractivity (Wildman–Crippen MR) is 86.8 cm³/mol. The molecule has 0 bridgehead atoms. The average molecular weight is 280 g/mol. The van der Waals surface area contributed by atoms with Crippen LogP contribution in [0.5, 0.6) is 0 Å². The number of esters is 1. The molecule has 116 valence electrons. The Morgan fingerprint density at radius 1 is 0.850 bits per heavy atom. The third kappa shape index (κ3) is 15.0. The van der Waals surface area contributed by atoms with E-state index in [0.29, 0.717) is 13.0 Å². The third-order valence-corrected chi connectivity index (χ3v) is 3.15. The lowest BCUT2D eigenvalue weighted by molar-refractivity contribution is -0.142. The molecule has 0 N–H and O–H groups in total. The number of hydrogen-bond donors (Lipinski definition) is 0. The molecule has 0 spiro atoms. The molecule has 0 atom stereocenters. The van der Waals surface area contributed by atoms with Crippen molar-refractivity contribution in [2.24, 2.45) is 0 Å². The summed E-state index contributed by atoms with van der Waals surface area (Å²) in [6.45, 7) is 4.80. The number of carbonyl (C=O) groups excluding carboxylic acids is 1. The topological polar surface area (TPSA) is 26.3 Å². The van der Waals surface area contributed by atoms with Gasteiger partial charge in [0, 0.05) is 6.42 Å². The van der Waals surface area contributed by atoms with Crippen molar-refractivity contribution < 1.29 is 9.53 Å². The normalized spacial score (nSPS) is 11.5. The maximum Gasteiger partial charge on any atom is 0.306 e. The molecule has 20 heavy (non-hydrogen) atoms. The zero-order valence-electron chi connectivity index (χ0n) is 13.4. The maximum atomic E-state index is 11.4. The Kier molecular flexibility index (Phi) is 15.2. The van der Waals surface area contributed by atoms with Crippen LogP contribution in [0.2, 0.25) is 0 Å². The Labute approximate surface area is 125 Å². The molecule has 0 aliphatic carbocycles. The van der Waals surface area contributed by atoms with E-state index in [1.807, 2.05) is 6.08 Å². The molecule has 0 amide bonds. The first-order chi connectivity index (χ1) is 9.81. The van der Waals surface area contributed by atoms with Crippen molar-refractivity contribution in [1.29, 1.82) is 0 Å². The lowest BCUT2D eigenvalue weighted by atomic mass is 10.2. The molecule has 0 radical (unpaired) electrons. The first-order valence-corrected chi connectivity index (χ1v) is 8.26. The summed E-state index contributed by atoms with van der Waals surface area (Å²) in [6, 6.07) is 0. The molecule has 0 heterocycles. The van der Waals surface area contributed by atoms with E-state index in [9.17, 15) is 4.79 Å². The van der Waals surface area contributed by atoms with Crippen LogP contribution in [0.3, 0.4) is 0 Å². The molecule has 0 rings (SSSR count). The monoisotopic (exact) mass is 280 g/mol. The van der Waals surface area contributed by atoms with Crippen LogP contribution < -0.4 is 0 Å². The first-order valence-electron chi connectivity index (χ1n) is 8.26. The first kappa shape index (κ1) is 18.9. The zero-order chi connectivity index (χ0) is 14.9. The van der Waals surface area contributed by atoms with Crippen molar-refractivity contribution in [2.45, 2.75) is 78.1 Å². The molecule has 2 nitrogen and oxygen atoms in total. The highest BCUT2D eigenvalue weighted by Gasteiger charge is 2.00. The highest BCUT2D eigenvalue weighted by atomic mass is 16.5. The molecule has 0 saturated carbocycles. The van der Waals surface area contributed by atoms with Gasteiger partial charge in [-0.25, -0.2) is 0 Å². The van der Waals surface area contributed by atoms with Gasteiger partial charge < -0.3 is 4.74 Å². The number of rotatable bonds is 13. The summed E-state index contributed by atoms with van der Waals surface area (Å²) < 4.78 is 5.13. The average Bonchev–Trinajstić information content (AvgIpc) is 2.45. The fourth-order valence-corrected chi connectivity index (χ4v) is 1.88. The molecular weight excluding hydrogens is 248 g/mol. The fraction of sp³-hybridized carbons (Fsp3) is 0.722. The van der Waals surface area contributed by atoms with Gasteiger partial charge in [-0.3, -0.25) is 4.79 Å². The highest BCUT2D eigenvalue weighted by molar-refractivity contribution is 5.69. The molecule has 0 aromatic rings. The van der Waals surface area contributed by atoms with Gasteiger partial charge in [0.15, 0.2) is 0 Å². The second-order valence-electron chi connectivity index (χ2n) is 5.17. The molecule has 0 aliphatic heterocycles. The minimum Gasteiger partial charge on any atom is -0.461 e. The minimum absolute atomic E-state index is 0.0686. The quantitative estimate of drug-likeness (QED) is 0.250. The van der Waals surface area contributed by atoms with Crippen molar-refractivity contribution in [3.63, 3.8) is 0 Å². The number of ether oxygens (including phenoxy) is 1. The van der Waals surface area contributed by atoms with Gasteiger partial charge in [-0.05, 0) is 25.7 Å². The lowest BCUT2D eigenvalue weighted by Gasteiger charge is -2.01. The van der Waals surface area contributed by atoms with Crippen LogP contribution in [0, 0.1) is 0 Å². The van der Waals surface area contributed by atoms with Crippen LogP contribution in [-0.4, -0.2) is 12.6 Å². The number of hydrogen-bond acceptors (Lipinski definition) is 2. The Morgan fingerprint density at radius 2 is 1.55 bits per heavy atom. The van der Waals surface area contributed by atoms with Crippen LogP contribution in [0.25, 0.3) is 0 Å². The highest BCUT2D eigenvalue weighted by Crippen LogP contribution is 2.03. The van der Waals surface area contributed by atoms with Gasteiger partial charge in [0.25, 0.3) is 0 Å². The van der Waals surface area contributed by atoms with E-state index in [0.717, 1.165) is 19.3 Å². The molecule has 2 heteroatoms. The van der Waals surface area contributed by atoms with E-state index in [2.05, 4.69) is 32.1 Å². The molecule has 0 aromatic heterocycles. The fourth-order valence-electron chi connectivity index (χ4n) is 1.88. The van der Waals surface area contributed by atoms with Gasteiger partial charge in [-0.1, -0.05) is 70.3 Å². The number of unbranched alkanes of at least 4 members (excludes halogenated alkanes) is 6. The van der Waals surface area contributed by atoms with Crippen LogP contribution in [0.15, 0.2) is 24.3 Å². The summed E-state index contributed by atoms with van der Waals surface area (Å²) in [7, 11) is 0. The largest absolute Gasteiger partial charge is 0.461 e. The van der Waals surface area contributed by atoms with Crippen molar-refractivity contribution >= 4 is 5.97 Å². The Hall–Kier alpha value is -1.05. The van der Waals surface area contributed by atoms with Gasteiger partial charge >= 0.3 is 5.97 Å². The van der Waals surface area contributed by atoms with Crippen molar-refractivity contribution in [3.05, 3.63) is 24.3 Å². The molecule has 0 unspecified atom stereocenters. The van der Waals surface area contributed by atoms with Gasteiger partial charge in [0.1, 0.15) is 6.61 Å². The maximum absolute atomic E-state index is 11.4. The van der Waals surface area contributed by atoms with Gasteiger partial charge in [0.2, 0.25) is 0 Å². The Balaban J connectivity index is 3.35. The minimum atomic E-state index is -0.0686. The summed E-state index contributed by atoms with van der Waals surface area (Å²) in [4.78, 5) is 11.4. The summed E-state index contributed by atoms with van der Waals surface area (Å²) in [5, 5.41) is 0. The van der Waals surface area contributed by atoms with Crippen molar-refractivity contribution in [2.75, 3.05) is 6.61 Å². The van der Waals surface area contributed by atoms with Crippen LogP contribution in [-0.2, 0) is 9.53 Å². The molecule has 0 aromatic carbocycles. The van der Waals surface area contributed by atoms with Crippen LogP contribution in [0.1, 0.15) is 78.1 Å². The van der Waals surface area contributed by atoms with E-state index in [1.54, 1.807) is 0 Å². The van der Waals surface area contributed by atoms with E-state index in [-0.39, 0.29) is 5.97 Å². The Morgan fingerprint density at radius 3 is 2.30 bits per heavy atom. The third-order valence-electron chi connectivity index (χ3n) is 3.15. The van der Waals surface area contributed by atoms with Crippen LogP contribution >= 0.6 is 0 Å². The van der Waals surface area contributed by atoms with Gasteiger partial charge in [-0.2, -0.15) is 0 Å². The molecule has 0 fully saturated rings. The summed E-state index contributed by atoms with van der Waals surface area (Å²) in [5.74, 6) is -0.0686. The van der Waals surface area contributed by atoms with Gasteiger partial charge in [0.05, 0.1) is 0 Å². The standard InChI is InChI=1S/C18H32O2/c1-3-5-7-9-10-11-12-13-15-17-20-18(19)16-14-8-6-4-2/h10-11,13,15H,3-9,12,14,16-17H2,1-2H3/b11-10-,15-13-. The van der Waals surface area contributed by atoms with Crippen molar-refractivity contribution in [3.8, 4) is 0 Å². The van der Waals surface area contributed by atoms with E-state index < -0.39 is 0 Å². The van der Waals surface area contributed by atoms with Gasteiger partial charge in [-0.15, -0.1) is 0 Å². The summed E-state index contributed by atoms with van der Waals surface area (Å²) in [6.07, 6.45) is 19.4. The second-order valence-corrected chi connectivity index (χ2v) is 5.17. The molecule has 0 saturated heterocycles. The van der Waals surface area contributed by atoms with E-state index >= 15 is 0 Å². The van der Waals surface area contributed by atoms with Crippen molar-refractivity contribution in [1.82, 2.24) is 0 Å². The van der Waals surface area contributed by atoms with E-state index in [4.69, 9.17) is 4.74 Å². The SMILES string of the molecule is CCCCC/C=C\C/C=C\COC(=O)CCCCCC. The number of allylic oxidation sites excluding steroid dienone is 3. The summed E-state index contributed by atoms with van der Waals surface area (Å²) >= 11 is 0.